The number of aliphatic imine (C=N–C) groups is 1. The number of nitrogens with zero attached hydrogens (tertiary/aromatic N) is 1. The molecule has 86 valence electrons. The zero-order valence-electron chi connectivity index (χ0n) is 9.14. The highest BCUT2D eigenvalue weighted by Gasteiger charge is 2.27. The standard InChI is InChI=1S/C12H13N5/c13-11-4-6-16-12(14,17-11)9-1-2-10-8(7-9)3-5-15-10/h1-7,15-16H,14H2,(H2,13,17). The molecule has 0 fully saturated rings. The Morgan fingerprint density at radius 3 is 2.94 bits per heavy atom. The first kappa shape index (κ1) is 9.92. The largest absolute Gasteiger partial charge is 0.384 e. The lowest BCUT2D eigenvalue weighted by Gasteiger charge is -2.28. The summed E-state index contributed by atoms with van der Waals surface area (Å²) in [5, 5.41) is 4.11. The van der Waals surface area contributed by atoms with E-state index in [-0.39, 0.29) is 0 Å². The van der Waals surface area contributed by atoms with Gasteiger partial charge in [-0.05, 0) is 29.7 Å². The van der Waals surface area contributed by atoms with Gasteiger partial charge < -0.3 is 16.0 Å². The molecule has 0 bridgehead atoms. The molecular weight excluding hydrogens is 214 g/mol. The van der Waals surface area contributed by atoms with E-state index in [9.17, 15) is 0 Å². The number of nitrogens with two attached hydrogens (primary N) is 2. The van der Waals surface area contributed by atoms with E-state index in [4.69, 9.17) is 11.5 Å². The van der Waals surface area contributed by atoms with Gasteiger partial charge in [0.15, 0.2) is 0 Å². The van der Waals surface area contributed by atoms with Gasteiger partial charge in [0, 0.05) is 23.5 Å². The minimum atomic E-state index is -0.982. The molecule has 1 unspecified atom stereocenters. The normalized spacial score (nSPS) is 23.5. The quantitative estimate of drug-likeness (QED) is 0.578. The molecule has 0 aliphatic carbocycles. The number of benzene rings is 1. The predicted octanol–water partition coefficient (Wildman–Crippen LogP) is 0.711. The fourth-order valence-corrected chi connectivity index (χ4v) is 1.97. The second kappa shape index (κ2) is 3.36. The SMILES string of the molecule is NC1=NC(N)(c2ccc3[nH]ccc3c2)NC=C1. The molecule has 17 heavy (non-hydrogen) atoms. The third-order valence-electron chi connectivity index (χ3n) is 2.86. The summed E-state index contributed by atoms with van der Waals surface area (Å²) >= 11 is 0. The van der Waals surface area contributed by atoms with E-state index in [0.717, 1.165) is 16.5 Å². The van der Waals surface area contributed by atoms with Gasteiger partial charge in [-0.1, -0.05) is 6.07 Å². The van der Waals surface area contributed by atoms with Gasteiger partial charge >= 0.3 is 0 Å². The van der Waals surface area contributed by atoms with Crippen LogP contribution in [0.5, 0.6) is 0 Å². The number of hydrogen-bond acceptors (Lipinski definition) is 4. The van der Waals surface area contributed by atoms with Crippen LogP contribution in [-0.2, 0) is 5.79 Å². The maximum Gasteiger partial charge on any atom is 0.211 e. The van der Waals surface area contributed by atoms with E-state index in [1.807, 2.05) is 30.5 Å². The Morgan fingerprint density at radius 1 is 1.24 bits per heavy atom. The minimum absolute atomic E-state index is 0.417. The highest BCUT2D eigenvalue weighted by molar-refractivity contribution is 5.92. The molecule has 0 radical (unpaired) electrons. The van der Waals surface area contributed by atoms with E-state index in [1.54, 1.807) is 12.3 Å². The third kappa shape index (κ3) is 1.57. The lowest BCUT2D eigenvalue weighted by Crippen LogP contribution is -2.49. The number of fused-ring (bicyclic) bond motifs is 1. The first-order valence-corrected chi connectivity index (χ1v) is 5.33. The molecular formula is C12H13N5. The molecule has 1 aromatic carbocycles. The van der Waals surface area contributed by atoms with Gasteiger partial charge in [0.25, 0.3) is 0 Å². The van der Waals surface area contributed by atoms with E-state index in [0.29, 0.717) is 5.84 Å². The summed E-state index contributed by atoms with van der Waals surface area (Å²) in [7, 11) is 0. The van der Waals surface area contributed by atoms with Crippen molar-refractivity contribution in [2.24, 2.45) is 16.5 Å². The first-order chi connectivity index (χ1) is 8.17. The van der Waals surface area contributed by atoms with Gasteiger partial charge in [0.05, 0.1) is 0 Å². The fourth-order valence-electron chi connectivity index (χ4n) is 1.97. The Kier molecular flexibility index (Phi) is 1.96. The van der Waals surface area contributed by atoms with Crippen LogP contribution in [0.3, 0.4) is 0 Å². The molecule has 2 heterocycles. The fraction of sp³-hybridized carbons (Fsp3) is 0.0833. The van der Waals surface area contributed by atoms with Gasteiger partial charge in [-0.3, -0.25) is 5.73 Å². The topological polar surface area (TPSA) is 92.2 Å². The molecule has 0 saturated carbocycles. The van der Waals surface area contributed by atoms with E-state index >= 15 is 0 Å². The minimum Gasteiger partial charge on any atom is -0.384 e. The van der Waals surface area contributed by atoms with Gasteiger partial charge in [-0.25, -0.2) is 4.99 Å². The Hall–Kier alpha value is -2.27. The predicted molar refractivity (Wildman–Crippen MR) is 68.1 cm³/mol. The van der Waals surface area contributed by atoms with Crippen LogP contribution < -0.4 is 16.8 Å². The Morgan fingerprint density at radius 2 is 2.12 bits per heavy atom. The van der Waals surface area contributed by atoms with Crippen molar-refractivity contribution >= 4 is 16.7 Å². The number of amidine groups is 1. The van der Waals surface area contributed by atoms with Crippen molar-refractivity contribution in [3.8, 4) is 0 Å². The van der Waals surface area contributed by atoms with Crippen LogP contribution in [0.2, 0.25) is 0 Å². The van der Waals surface area contributed by atoms with E-state index < -0.39 is 5.79 Å². The monoisotopic (exact) mass is 227 g/mol. The number of aromatic nitrogens is 1. The van der Waals surface area contributed by atoms with Gasteiger partial charge in [0.1, 0.15) is 5.84 Å². The zero-order chi connectivity index (χ0) is 11.9. The molecule has 1 aromatic heterocycles. The van der Waals surface area contributed by atoms with Crippen LogP contribution in [0, 0.1) is 0 Å². The van der Waals surface area contributed by atoms with Crippen molar-refractivity contribution < 1.29 is 0 Å². The maximum atomic E-state index is 6.19. The zero-order valence-corrected chi connectivity index (χ0v) is 9.14. The van der Waals surface area contributed by atoms with Crippen molar-refractivity contribution in [1.29, 1.82) is 0 Å². The molecule has 0 amide bonds. The second-order valence-corrected chi connectivity index (χ2v) is 4.06. The van der Waals surface area contributed by atoms with Crippen molar-refractivity contribution in [2.45, 2.75) is 5.79 Å². The molecule has 1 aliphatic rings. The van der Waals surface area contributed by atoms with Crippen molar-refractivity contribution in [3.05, 3.63) is 48.3 Å². The summed E-state index contributed by atoms with van der Waals surface area (Å²) in [5.74, 6) is -0.565. The average molecular weight is 227 g/mol. The molecule has 1 aliphatic heterocycles. The lowest BCUT2D eigenvalue weighted by atomic mass is 10.1. The van der Waals surface area contributed by atoms with Crippen LogP contribution in [0.25, 0.3) is 10.9 Å². The molecule has 3 rings (SSSR count). The molecule has 0 saturated heterocycles. The number of rotatable bonds is 1. The number of aromatic amines is 1. The van der Waals surface area contributed by atoms with Gasteiger partial charge in [0.2, 0.25) is 5.79 Å². The molecule has 1 atom stereocenters. The number of nitrogens with one attached hydrogen (secondary N) is 2. The summed E-state index contributed by atoms with van der Waals surface area (Å²) in [5.41, 5.74) is 13.8. The maximum absolute atomic E-state index is 6.19. The summed E-state index contributed by atoms with van der Waals surface area (Å²) < 4.78 is 0. The van der Waals surface area contributed by atoms with Crippen LogP contribution in [0.15, 0.2) is 47.7 Å². The summed E-state index contributed by atoms with van der Waals surface area (Å²) in [6, 6.07) is 7.90. The third-order valence-corrected chi connectivity index (χ3v) is 2.86. The number of H-pyrrole nitrogens is 1. The second-order valence-electron chi connectivity index (χ2n) is 4.06. The summed E-state index contributed by atoms with van der Waals surface area (Å²) in [6.07, 6.45) is 5.28. The first-order valence-electron chi connectivity index (χ1n) is 5.33. The Balaban J connectivity index is 2.11. The molecule has 2 aromatic rings. The molecule has 0 spiro atoms. The Labute approximate surface area is 98.2 Å². The van der Waals surface area contributed by atoms with Gasteiger partial charge in [-0.2, -0.15) is 0 Å². The van der Waals surface area contributed by atoms with Crippen molar-refractivity contribution in [1.82, 2.24) is 10.3 Å². The van der Waals surface area contributed by atoms with E-state index in [1.165, 1.54) is 0 Å². The highest BCUT2D eigenvalue weighted by atomic mass is 15.3. The molecule has 5 heteroatoms. The van der Waals surface area contributed by atoms with Crippen LogP contribution in [0.4, 0.5) is 0 Å². The van der Waals surface area contributed by atoms with Crippen molar-refractivity contribution in [3.63, 3.8) is 0 Å². The Bertz CT molecular complexity index is 625. The van der Waals surface area contributed by atoms with Gasteiger partial charge in [-0.15, -0.1) is 0 Å². The smallest absolute Gasteiger partial charge is 0.211 e. The highest BCUT2D eigenvalue weighted by Crippen LogP contribution is 2.23. The molecule has 6 N–H and O–H groups in total. The lowest BCUT2D eigenvalue weighted by molar-refractivity contribution is 0.410. The molecule has 5 nitrogen and oxygen atoms in total. The van der Waals surface area contributed by atoms with Crippen molar-refractivity contribution in [2.75, 3.05) is 0 Å². The summed E-state index contributed by atoms with van der Waals surface area (Å²) in [6.45, 7) is 0. The number of hydrogen-bond donors (Lipinski definition) is 4. The van der Waals surface area contributed by atoms with Crippen LogP contribution in [0.1, 0.15) is 5.56 Å². The van der Waals surface area contributed by atoms with E-state index in [2.05, 4.69) is 15.3 Å². The van der Waals surface area contributed by atoms with Crippen LogP contribution in [-0.4, -0.2) is 10.8 Å². The van der Waals surface area contributed by atoms with Crippen LogP contribution >= 0.6 is 0 Å². The average Bonchev–Trinajstić information content (AvgIpc) is 2.75. The summed E-state index contributed by atoms with van der Waals surface area (Å²) in [4.78, 5) is 7.37.